The van der Waals surface area contributed by atoms with Crippen LogP contribution >= 0.6 is 0 Å². The number of nitrogens with zero attached hydrogens (tertiary/aromatic N) is 2. The zero-order valence-electron chi connectivity index (χ0n) is 13.9. The Bertz CT molecular complexity index is 714. The molecule has 1 aromatic heterocycles. The maximum Gasteiger partial charge on any atom is 0.246 e. The van der Waals surface area contributed by atoms with Crippen molar-refractivity contribution < 1.29 is 15.0 Å². The highest BCUT2D eigenvalue weighted by Crippen LogP contribution is 2.21. The molecule has 0 radical (unpaired) electrons. The lowest BCUT2D eigenvalue weighted by molar-refractivity contribution is -0.126. The molecule has 0 fully saturated rings. The van der Waals surface area contributed by atoms with Crippen LogP contribution in [0.3, 0.4) is 0 Å². The number of benzene rings is 1. The maximum atomic E-state index is 12.2. The minimum atomic E-state index is -0.697. The van der Waals surface area contributed by atoms with Crippen molar-refractivity contribution in [3.8, 4) is 0 Å². The summed E-state index contributed by atoms with van der Waals surface area (Å²) in [5.74, 6) is -0.161. The molecule has 5 heteroatoms. The first-order chi connectivity index (χ1) is 10.9. The molecule has 0 aliphatic carbocycles. The van der Waals surface area contributed by atoms with Gasteiger partial charge in [-0.15, -0.1) is 0 Å². The molecule has 5 nitrogen and oxygen atoms in total. The lowest BCUT2D eigenvalue weighted by Crippen LogP contribution is -2.41. The van der Waals surface area contributed by atoms with E-state index in [1.165, 1.54) is 11.0 Å². The summed E-state index contributed by atoms with van der Waals surface area (Å²) >= 11 is 0. The Kier molecular flexibility index (Phi) is 5.23. The van der Waals surface area contributed by atoms with Gasteiger partial charge in [-0.2, -0.15) is 0 Å². The Morgan fingerprint density at radius 1 is 1.30 bits per heavy atom. The molecule has 2 rings (SSSR count). The topological polar surface area (TPSA) is 65.7 Å². The number of hydrogen-bond donors (Lipinski definition) is 2. The van der Waals surface area contributed by atoms with Crippen LogP contribution in [0.2, 0.25) is 0 Å². The highest BCUT2D eigenvalue weighted by molar-refractivity contribution is 5.96. The SMILES string of the molecule is CN(CC(C)(CO)CO)C(=O)/C=C/c1cn(C)c2ccccc12. The molecule has 0 unspecified atom stereocenters. The quantitative estimate of drug-likeness (QED) is 0.796. The summed E-state index contributed by atoms with van der Waals surface area (Å²) < 4.78 is 2.03. The van der Waals surface area contributed by atoms with E-state index in [4.69, 9.17) is 0 Å². The molecule has 0 atom stereocenters. The number of rotatable bonds is 6. The highest BCUT2D eigenvalue weighted by atomic mass is 16.3. The van der Waals surface area contributed by atoms with Crippen LogP contribution in [-0.2, 0) is 11.8 Å². The van der Waals surface area contributed by atoms with Gasteiger partial charge in [0.1, 0.15) is 0 Å². The van der Waals surface area contributed by atoms with Gasteiger partial charge in [-0.05, 0) is 12.1 Å². The second kappa shape index (κ2) is 6.98. The van der Waals surface area contributed by atoms with Crippen LogP contribution in [0, 0.1) is 5.41 Å². The molecule has 2 aromatic rings. The van der Waals surface area contributed by atoms with Gasteiger partial charge in [0.15, 0.2) is 0 Å². The van der Waals surface area contributed by atoms with Gasteiger partial charge in [-0.1, -0.05) is 25.1 Å². The molecular formula is C18H24N2O3. The molecule has 0 aliphatic heterocycles. The predicted octanol–water partition coefficient (Wildman–Crippen LogP) is 1.64. The minimum absolute atomic E-state index is 0.161. The molecule has 1 aromatic carbocycles. The summed E-state index contributed by atoms with van der Waals surface area (Å²) in [6.45, 7) is 1.69. The van der Waals surface area contributed by atoms with Crippen molar-refractivity contribution >= 4 is 22.9 Å². The van der Waals surface area contributed by atoms with Crippen molar-refractivity contribution in [1.82, 2.24) is 9.47 Å². The Labute approximate surface area is 136 Å². The van der Waals surface area contributed by atoms with Crippen LogP contribution < -0.4 is 0 Å². The van der Waals surface area contributed by atoms with Gasteiger partial charge in [0.05, 0.1) is 13.2 Å². The zero-order valence-corrected chi connectivity index (χ0v) is 13.9. The van der Waals surface area contributed by atoms with Crippen LogP contribution in [0.1, 0.15) is 12.5 Å². The van der Waals surface area contributed by atoms with Crippen LogP contribution in [0.4, 0.5) is 0 Å². The fourth-order valence-corrected chi connectivity index (χ4v) is 2.59. The molecular weight excluding hydrogens is 292 g/mol. The molecule has 124 valence electrons. The average Bonchev–Trinajstić information content (AvgIpc) is 2.89. The van der Waals surface area contributed by atoms with Gasteiger partial charge in [-0.3, -0.25) is 4.79 Å². The number of likely N-dealkylation sites (N-methyl/N-ethyl adjacent to an activating group) is 1. The number of aliphatic hydroxyl groups excluding tert-OH is 2. The standard InChI is InChI=1S/C18H24N2O3/c1-18(12-21,13-22)11-20(3)17(23)9-8-14-10-19(2)16-7-5-4-6-15(14)16/h4-10,21-22H,11-13H2,1-3H3/b9-8+. The van der Waals surface area contributed by atoms with E-state index in [9.17, 15) is 15.0 Å². The third-order valence-electron chi connectivity index (χ3n) is 4.09. The second-order valence-electron chi connectivity index (χ2n) is 6.37. The van der Waals surface area contributed by atoms with E-state index in [2.05, 4.69) is 0 Å². The minimum Gasteiger partial charge on any atom is -0.396 e. The number of amides is 1. The molecule has 0 aliphatic rings. The molecule has 0 spiro atoms. The molecule has 0 saturated carbocycles. The van der Waals surface area contributed by atoms with E-state index in [1.807, 2.05) is 42.1 Å². The fourth-order valence-electron chi connectivity index (χ4n) is 2.59. The Hall–Kier alpha value is -2.11. The lowest BCUT2D eigenvalue weighted by atomic mass is 9.92. The van der Waals surface area contributed by atoms with Crippen LogP contribution in [0.5, 0.6) is 0 Å². The van der Waals surface area contributed by atoms with Crippen molar-refractivity contribution in [2.75, 3.05) is 26.8 Å². The summed E-state index contributed by atoms with van der Waals surface area (Å²) in [4.78, 5) is 13.7. The van der Waals surface area contributed by atoms with Gasteiger partial charge in [0, 0.05) is 54.8 Å². The van der Waals surface area contributed by atoms with Crippen LogP contribution in [-0.4, -0.2) is 52.4 Å². The van der Waals surface area contributed by atoms with Crippen LogP contribution in [0.15, 0.2) is 36.5 Å². The molecule has 1 amide bonds. The van der Waals surface area contributed by atoms with E-state index in [-0.39, 0.29) is 19.1 Å². The monoisotopic (exact) mass is 316 g/mol. The molecule has 0 saturated heterocycles. The Balaban J connectivity index is 2.14. The van der Waals surface area contributed by atoms with Gasteiger partial charge >= 0.3 is 0 Å². The summed E-state index contributed by atoms with van der Waals surface area (Å²) in [6, 6.07) is 8.02. The number of carbonyl (C=O) groups is 1. The summed E-state index contributed by atoms with van der Waals surface area (Å²) in [6.07, 6.45) is 5.31. The van der Waals surface area contributed by atoms with Crippen molar-refractivity contribution in [2.45, 2.75) is 6.92 Å². The summed E-state index contributed by atoms with van der Waals surface area (Å²) in [7, 11) is 3.64. The molecule has 0 bridgehead atoms. The predicted molar refractivity (Wildman–Crippen MR) is 91.9 cm³/mol. The lowest BCUT2D eigenvalue weighted by Gasteiger charge is -2.29. The molecule has 2 N–H and O–H groups in total. The summed E-state index contributed by atoms with van der Waals surface area (Å²) in [5, 5.41) is 19.7. The average molecular weight is 316 g/mol. The van der Waals surface area contributed by atoms with Gasteiger partial charge in [0.2, 0.25) is 5.91 Å². The first-order valence-corrected chi connectivity index (χ1v) is 7.59. The number of para-hydroxylation sites is 1. The van der Waals surface area contributed by atoms with Crippen molar-refractivity contribution in [2.24, 2.45) is 12.5 Å². The second-order valence-corrected chi connectivity index (χ2v) is 6.37. The number of carbonyl (C=O) groups excluding carboxylic acids is 1. The first-order valence-electron chi connectivity index (χ1n) is 7.59. The van der Waals surface area contributed by atoms with E-state index in [0.29, 0.717) is 6.54 Å². The largest absolute Gasteiger partial charge is 0.396 e. The van der Waals surface area contributed by atoms with Crippen molar-refractivity contribution in [3.63, 3.8) is 0 Å². The number of aliphatic hydroxyl groups is 2. The number of aromatic nitrogens is 1. The highest BCUT2D eigenvalue weighted by Gasteiger charge is 2.25. The normalized spacial score (nSPS) is 12.2. The Morgan fingerprint density at radius 3 is 2.61 bits per heavy atom. The zero-order chi connectivity index (χ0) is 17.0. The summed E-state index contributed by atoms with van der Waals surface area (Å²) in [5.41, 5.74) is 1.40. The molecule has 1 heterocycles. The van der Waals surface area contributed by atoms with E-state index in [1.54, 1.807) is 20.0 Å². The third kappa shape index (κ3) is 3.81. The maximum absolute atomic E-state index is 12.2. The van der Waals surface area contributed by atoms with Gasteiger partial charge < -0.3 is 19.7 Å². The van der Waals surface area contributed by atoms with Gasteiger partial charge in [0.25, 0.3) is 0 Å². The smallest absolute Gasteiger partial charge is 0.246 e. The Morgan fingerprint density at radius 2 is 1.96 bits per heavy atom. The van der Waals surface area contributed by atoms with Crippen molar-refractivity contribution in [1.29, 1.82) is 0 Å². The van der Waals surface area contributed by atoms with E-state index < -0.39 is 5.41 Å². The van der Waals surface area contributed by atoms with E-state index >= 15 is 0 Å². The fraction of sp³-hybridized carbons (Fsp3) is 0.389. The van der Waals surface area contributed by atoms with Gasteiger partial charge in [-0.25, -0.2) is 0 Å². The van der Waals surface area contributed by atoms with E-state index in [0.717, 1.165) is 16.5 Å². The van der Waals surface area contributed by atoms with Crippen molar-refractivity contribution in [3.05, 3.63) is 42.1 Å². The first kappa shape index (κ1) is 17.2. The number of aryl methyl sites for hydroxylation is 1. The number of hydrogen-bond acceptors (Lipinski definition) is 3. The third-order valence-corrected chi connectivity index (χ3v) is 4.09. The van der Waals surface area contributed by atoms with Crippen LogP contribution in [0.25, 0.3) is 17.0 Å². The number of fused-ring (bicyclic) bond motifs is 1. The molecule has 23 heavy (non-hydrogen) atoms.